The van der Waals surface area contributed by atoms with Crippen LogP contribution in [0.15, 0.2) is 42.6 Å². The third-order valence-electron chi connectivity index (χ3n) is 3.63. The van der Waals surface area contributed by atoms with Crippen molar-refractivity contribution in [1.82, 2.24) is 9.55 Å². The molecule has 8 heteroatoms. The van der Waals surface area contributed by atoms with Gasteiger partial charge in [0.05, 0.1) is 16.8 Å². The number of pyridine rings is 1. The molecule has 3 rings (SSSR count). The second-order valence-corrected chi connectivity index (χ2v) is 7.39. The summed E-state index contributed by atoms with van der Waals surface area (Å²) >= 11 is 5.94. The molecule has 0 unspecified atom stereocenters. The summed E-state index contributed by atoms with van der Waals surface area (Å²) in [5, 5.41) is 0.662. The standard InChI is InChI=1S/C16H15ClN2O3S.Na.H/c1-11-8-15-16(19(11)14-4-2-13(17)3-5-14)9-12(10-18-15)6-7-23(20,21)22;;/h2-5,8-10H,6-7H2,1H3,(H,20,21,22);;/q;+1;-1. The van der Waals surface area contributed by atoms with E-state index in [0.717, 1.165) is 28.0 Å². The Labute approximate surface area is 169 Å². The third kappa shape index (κ3) is 4.39. The van der Waals surface area contributed by atoms with Gasteiger partial charge in [-0.05, 0) is 55.3 Å². The van der Waals surface area contributed by atoms with Crippen molar-refractivity contribution in [2.24, 2.45) is 0 Å². The van der Waals surface area contributed by atoms with Gasteiger partial charge in [0.15, 0.2) is 0 Å². The summed E-state index contributed by atoms with van der Waals surface area (Å²) in [6.45, 7) is 1.98. The van der Waals surface area contributed by atoms with Crippen molar-refractivity contribution in [3.05, 3.63) is 58.9 Å². The molecule has 5 nitrogen and oxygen atoms in total. The Hall–Kier alpha value is -0.890. The third-order valence-corrected chi connectivity index (χ3v) is 4.60. The molecule has 1 N–H and O–H groups in total. The van der Waals surface area contributed by atoms with Crippen LogP contribution in [0.2, 0.25) is 5.02 Å². The summed E-state index contributed by atoms with van der Waals surface area (Å²) in [5.41, 5.74) is 4.44. The van der Waals surface area contributed by atoms with E-state index in [4.69, 9.17) is 16.2 Å². The Balaban J connectivity index is 0.00000156. The molecule has 0 saturated carbocycles. The van der Waals surface area contributed by atoms with Gasteiger partial charge in [-0.3, -0.25) is 9.54 Å². The van der Waals surface area contributed by atoms with Crippen molar-refractivity contribution in [2.45, 2.75) is 13.3 Å². The Morgan fingerprint density at radius 1 is 1.25 bits per heavy atom. The van der Waals surface area contributed by atoms with Gasteiger partial charge in [0.2, 0.25) is 0 Å². The second kappa shape index (κ2) is 7.56. The van der Waals surface area contributed by atoms with Gasteiger partial charge >= 0.3 is 29.6 Å². The minimum absolute atomic E-state index is 0. The zero-order valence-electron chi connectivity index (χ0n) is 14.4. The Morgan fingerprint density at radius 3 is 2.54 bits per heavy atom. The first kappa shape index (κ1) is 19.4. The van der Waals surface area contributed by atoms with E-state index in [0.29, 0.717) is 5.02 Å². The molecule has 0 bridgehead atoms. The van der Waals surface area contributed by atoms with E-state index in [-0.39, 0.29) is 43.2 Å². The monoisotopic (exact) mass is 374 g/mol. The molecule has 1 aromatic carbocycles. The maximum absolute atomic E-state index is 10.9. The number of benzene rings is 1. The number of aromatic nitrogens is 2. The first-order chi connectivity index (χ1) is 10.8. The van der Waals surface area contributed by atoms with Gasteiger partial charge in [0.25, 0.3) is 10.1 Å². The van der Waals surface area contributed by atoms with Crippen LogP contribution in [0, 0.1) is 6.92 Å². The largest absolute Gasteiger partial charge is 1.00 e. The number of fused-ring (bicyclic) bond motifs is 1. The molecule has 0 amide bonds. The first-order valence-corrected chi connectivity index (χ1v) is 9.00. The van der Waals surface area contributed by atoms with Gasteiger partial charge in [-0.25, -0.2) is 0 Å². The summed E-state index contributed by atoms with van der Waals surface area (Å²) in [5.74, 6) is -0.319. The minimum Gasteiger partial charge on any atom is -1.00 e. The first-order valence-electron chi connectivity index (χ1n) is 7.01. The quantitative estimate of drug-likeness (QED) is 0.534. The molecule has 0 radical (unpaired) electrons. The molecule has 2 heterocycles. The molecule has 24 heavy (non-hydrogen) atoms. The smallest absolute Gasteiger partial charge is 1.00 e. The summed E-state index contributed by atoms with van der Waals surface area (Å²) in [6, 6.07) is 11.3. The van der Waals surface area contributed by atoms with E-state index in [1.165, 1.54) is 0 Å². The van der Waals surface area contributed by atoms with Crippen LogP contribution in [0.4, 0.5) is 0 Å². The average molecular weight is 375 g/mol. The van der Waals surface area contributed by atoms with Crippen LogP contribution in [0.25, 0.3) is 16.7 Å². The number of nitrogens with zero attached hydrogens (tertiary/aromatic N) is 2. The summed E-state index contributed by atoms with van der Waals surface area (Å²) in [6.07, 6.45) is 1.85. The van der Waals surface area contributed by atoms with Crippen LogP contribution in [-0.4, -0.2) is 28.3 Å². The van der Waals surface area contributed by atoms with E-state index >= 15 is 0 Å². The molecule has 0 spiro atoms. The van der Waals surface area contributed by atoms with E-state index in [2.05, 4.69) is 4.98 Å². The molecule has 122 valence electrons. The molecule has 0 fully saturated rings. The van der Waals surface area contributed by atoms with Crippen LogP contribution in [-0.2, 0) is 16.5 Å². The van der Waals surface area contributed by atoms with Gasteiger partial charge in [-0.1, -0.05) is 11.6 Å². The Morgan fingerprint density at radius 2 is 1.92 bits per heavy atom. The molecule has 2 aromatic heterocycles. The van der Waals surface area contributed by atoms with Crippen molar-refractivity contribution in [2.75, 3.05) is 5.75 Å². The van der Waals surface area contributed by atoms with Crippen LogP contribution in [0.5, 0.6) is 0 Å². The Kier molecular flexibility index (Phi) is 6.12. The number of halogens is 1. The molecular formula is C16H16ClN2NaO3S. The average Bonchev–Trinajstić information content (AvgIpc) is 2.81. The van der Waals surface area contributed by atoms with E-state index in [1.54, 1.807) is 6.20 Å². The summed E-state index contributed by atoms with van der Waals surface area (Å²) < 4.78 is 32.7. The van der Waals surface area contributed by atoms with Crippen molar-refractivity contribution in [1.29, 1.82) is 0 Å². The predicted octanol–water partition coefficient (Wildman–Crippen LogP) is 0.534. The molecular weight excluding hydrogens is 359 g/mol. The molecule has 0 aliphatic heterocycles. The maximum atomic E-state index is 10.9. The molecule has 0 aliphatic carbocycles. The van der Waals surface area contributed by atoms with Gasteiger partial charge in [0, 0.05) is 22.6 Å². The summed E-state index contributed by atoms with van der Waals surface area (Å²) in [7, 11) is -3.99. The normalized spacial score (nSPS) is 11.5. The van der Waals surface area contributed by atoms with E-state index in [1.807, 2.05) is 47.9 Å². The van der Waals surface area contributed by atoms with E-state index < -0.39 is 10.1 Å². The van der Waals surface area contributed by atoms with Crippen molar-refractivity contribution >= 4 is 32.8 Å². The molecule has 0 atom stereocenters. The number of rotatable bonds is 4. The van der Waals surface area contributed by atoms with Crippen molar-refractivity contribution in [3.8, 4) is 5.69 Å². The van der Waals surface area contributed by atoms with Gasteiger partial charge in [-0.15, -0.1) is 0 Å². The summed E-state index contributed by atoms with van der Waals surface area (Å²) in [4.78, 5) is 4.38. The van der Waals surface area contributed by atoms with Gasteiger partial charge in [0.1, 0.15) is 0 Å². The van der Waals surface area contributed by atoms with Crippen LogP contribution in [0.1, 0.15) is 12.7 Å². The maximum Gasteiger partial charge on any atom is 1.00 e. The fourth-order valence-electron chi connectivity index (χ4n) is 2.56. The minimum atomic E-state index is -3.99. The topological polar surface area (TPSA) is 72.2 Å². The van der Waals surface area contributed by atoms with E-state index in [9.17, 15) is 8.42 Å². The fourth-order valence-corrected chi connectivity index (χ4v) is 3.18. The SMILES string of the molecule is Cc1cc2ncc(CCS(=O)(=O)O)cc2n1-c1ccc(Cl)cc1.[H-].[Na+]. The van der Waals surface area contributed by atoms with Crippen LogP contribution >= 0.6 is 11.6 Å². The zero-order chi connectivity index (χ0) is 16.6. The van der Waals surface area contributed by atoms with Crippen molar-refractivity contribution in [3.63, 3.8) is 0 Å². The molecule has 0 saturated heterocycles. The fraction of sp³-hybridized carbons (Fsp3) is 0.188. The van der Waals surface area contributed by atoms with Gasteiger partial charge in [-0.2, -0.15) is 8.42 Å². The van der Waals surface area contributed by atoms with Crippen molar-refractivity contribution < 1.29 is 44.0 Å². The van der Waals surface area contributed by atoms with Crippen LogP contribution in [0.3, 0.4) is 0 Å². The molecule has 0 aliphatic rings. The number of aryl methyl sites for hydroxylation is 2. The zero-order valence-corrected chi connectivity index (χ0v) is 17.0. The van der Waals surface area contributed by atoms with Crippen LogP contribution < -0.4 is 29.6 Å². The van der Waals surface area contributed by atoms with Gasteiger partial charge < -0.3 is 5.99 Å². The number of hydrogen-bond acceptors (Lipinski definition) is 3. The predicted molar refractivity (Wildman–Crippen MR) is 92.0 cm³/mol. The second-order valence-electron chi connectivity index (χ2n) is 5.38. The molecule has 3 aromatic rings. The number of hydrogen-bond donors (Lipinski definition) is 1. The Bertz CT molecular complexity index is 975.